The second-order valence-corrected chi connectivity index (χ2v) is 11.3. The molecule has 0 unspecified atom stereocenters. The Morgan fingerprint density at radius 3 is 1.33 bits per heavy atom. The fraction of sp³-hybridized carbons (Fsp3) is 0.440. The first kappa shape index (κ1) is 31.6. The third-order valence-corrected chi connectivity index (χ3v) is 4.85. The highest BCUT2D eigenvalue weighted by atomic mass is 127. The van der Waals surface area contributed by atoms with Crippen LogP contribution in [0.4, 0.5) is 9.59 Å². The van der Waals surface area contributed by atoms with Crippen LogP contribution in [-0.4, -0.2) is 23.5 Å². The lowest BCUT2D eigenvalue weighted by molar-refractivity contribution is -0.0293. The van der Waals surface area contributed by atoms with Gasteiger partial charge in [-0.3, -0.25) is 0 Å². The van der Waals surface area contributed by atoms with E-state index in [1.807, 2.05) is 12.1 Å². The van der Waals surface area contributed by atoms with Crippen molar-refractivity contribution in [2.24, 2.45) is 5.73 Å². The number of benzene rings is 2. The van der Waals surface area contributed by atoms with Crippen molar-refractivity contribution in [3.05, 3.63) is 66.8 Å². The van der Waals surface area contributed by atoms with Crippen molar-refractivity contribution < 1.29 is 23.8 Å². The van der Waals surface area contributed by atoms with Crippen molar-refractivity contribution in [1.29, 1.82) is 0 Å². The zero-order valence-corrected chi connectivity index (χ0v) is 24.7. The van der Waals surface area contributed by atoms with Crippen LogP contribution in [0.1, 0.15) is 59.6 Å². The molecule has 0 saturated carbocycles. The monoisotopic (exact) mass is 683 g/mol. The lowest BCUT2D eigenvalue weighted by Crippen LogP contribution is -2.29. The minimum atomic E-state index is -1.06. The summed E-state index contributed by atoms with van der Waals surface area (Å²) in [6, 6.07) is 16.8. The highest BCUT2D eigenvalue weighted by Crippen LogP contribution is 2.11. The van der Waals surface area contributed by atoms with Gasteiger partial charge in [0.2, 0.25) is 0 Å². The predicted octanol–water partition coefficient (Wildman–Crippen LogP) is 7.48. The summed E-state index contributed by atoms with van der Waals surface area (Å²) in [5.74, 6) is 0. The summed E-state index contributed by atoms with van der Waals surface area (Å²) in [6.45, 7) is 12.8. The second-order valence-electron chi connectivity index (χ2n) is 8.84. The minimum absolute atomic E-state index is 0.636. The van der Waals surface area contributed by atoms with Crippen molar-refractivity contribution in [2.45, 2.75) is 72.6 Å². The molecule has 0 aliphatic carbocycles. The Labute approximate surface area is 225 Å². The summed E-state index contributed by atoms with van der Waals surface area (Å²) in [5, 5.41) is 0. The zero-order chi connectivity index (χ0) is 25.7. The highest BCUT2D eigenvalue weighted by Gasteiger charge is 2.24. The molecule has 0 amide bonds. The van der Waals surface area contributed by atoms with E-state index < -0.39 is 23.5 Å². The molecule has 0 saturated heterocycles. The van der Waals surface area contributed by atoms with Crippen LogP contribution in [0.25, 0.3) is 0 Å². The van der Waals surface area contributed by atoms with Crippen LogP contribution in [-0.2, 0) is 27.2 Å². The summed E-state index contributed by atoms with van der Waals surface area (Å²) in [6.07, 6.45) is -0.981. The van der Waals surface area contributed by atoms with Crippen molar-refractivity contribution in [3.63, 3.8) is 0 Å². The van der Waals surface area contributed by atoms with Crippen LogP contribution >= 0.6 is 45.2 Å². The molecule has 33 heavy (non-hydrogen) atoms. The van der Waals surface area contributed by atoms with Crippen LogP contribution in [0, 0.1) is 7.14 Å². The van der Waals surface area contributed by atoms with E-state index in [-0.39, 0.29) is 0 Å². The first-order chi connectivity index (χ1) is 15.1. The molecule has 0 radical (unpaired) electrons. The van der Waals surface area contributed by atoms with Crippen LogP contribution in [0.5, 0.6) is 0 Å². The molecule has 184 valence electrons. The number of hydrogen-bond donors (Lipinski definition) is 1. The molecule has 2 aromatic carbocycles. The van der Waals surface area contributed by atoms with Crippen molar-refractivity contribution >= 4 is 57.5 Å². The Morgan fingerprint density at radius 2 is 1.06 bits per heavy atom. The number of rotatable bonds is 2. The van der Waals surface area contributed by atoms with E-state index in [1.165, 1.54) is 18.3 Å². The molecule has 0 fully saturated rings. The van der Waals surface area contributed by atoms with Gasteiger partial charge in [-0.15, -0.1) is 0 Å². The van der Waals surface area contributed by atoms with Gasteiger partial charge in [0.1, 0.15) is 11.2 Å². The van der Waals surface area contributed by atoms with E-state index in [0.29, 0.717) is 6.54 Å². The van der Waals surface area contributed by atoms with Gasteiger partial charge >= 0.3 is 12.3 Å². The topological polar surface area (TPSA) is 87.8 Å². The lowest BCUT2D eigenvalue weighted by atomic mass is 10.2. The van der Waals surface area contributed by atoms with Gasteiger partial charge in [-0.25, -0.2) is 9.59 Å². The molecule has 0 heterocycles. The Kier molecular flexibility index (Phi) is 14.8. The van der Waals surface area contributed by atoms with Gasteiger partial charge in [0, 0.05) is 13.7 Å². The molecule has 0 aromatic heterocycles. The Balaban J connectivity index is 0.000000489. The Morgan fingerprint density at radius 1 is 0.727 bits per heavy atom. The Bertz CT molecular complexity index is 768. The van der Waals surface area contributed by atoms with Crippen LogP contribution in [0.3, 0.4) is 0 Å². The van der Waals surface area contributed by atoms with Crippen molar-refractivity contribution in [3.8, 4) is 0 Å². The van der Waals surface area contributed by atoms with Gasteiger partial charge in [-0.1, -0.05) is 31.2 Å². The normalized spacial score (nSPS) is 10.6. The summed E-state index contributed by atoms with van der Waals surface area (Å²) in [5.41, 5.74) is 6.61. The van der Waals surface area contributed by atoms with E-state index in [0.717, 1.165) is 6.42 Å². The highest BCUT2D eigenvalue weighted by molar-refractivity contribution is 14.1. The van der Waals surface area contributed by atoms with Crippen molar-refractivity contribution in [1.82, 2.24) is 0 Å². The van der Waals surface area contributed by atoms with Gasteiger partial charge in [0.25, 0.3) is 0 Å². The van der Waals surface area contributed by atoms with E-state index in [4.69, 9.17) is 15.2 Å². The third kappa shape index (κ3) is 18.7. The second kappa shape index (κ2) is 15.5. The number of nitrogens with two attached hydrogens (primary N) is 1. The number of ether oxygens (including phenoxy) is 3. The summed E-state index contributed by atoms with van der Waals surface area (Å²) in [7, 11) is 0. The molecule has 0 aliphatic rings. The lowest BCUT2D eigenvalue weighted by Gasteiger charge is -2.20. The van der Waals surface area contributed by atoms with E-state index in [2.05, 4.69) is 93.2 Å². The molecule has 0 aliphatic heterocycles. The molecular formula is C25H35I2NO5. The van der Waals surface area contributed by atoms with Gasteiger partial charge in [0.05, 0.1) is 0 Å². The maximum Gasteiger partial charge on any atom is 0.519 e. The summed E-state index contributed by atoms with van der Waals surface area (Å²) in [4.78, 5) is 22.0. The first-order valence-corrected chi connectivity index (χ1v) is 12.6. The maximum absolute atomic E-state index is 11.0. The van der Waals surface area contributed by atoms with Gasteiger partial charge < -0.3 is 19.9 Å². The van der Waals surface area contributed by atoms with E-state index in [9.17, 15) is 9.59 Å². The number of carbonyl (C=O) groups is 2. The zero-order valence-electron chi connectivity index (χ0n) is 20.4. The standard InChI is InChI=1S/C10H18O5.C8H9I.C7H8IN/c1-9(2,3)14-7(11)13-8(12)15-10(4,5)6;1-2-7-3-5-8(9)6-4-7;8-7-3-1-6(5-9)2-4-7/h1-6H3;3-6H,2H2,1H3;1-4H,5,9H2. The fourth-order valence-corrected chi connectivity index (χ4v) is 2.67. The van der Waals surface area contributed by atoms with Crippen LogP contribution < -0.4 is 5.73 Å². The molecule has 2 aromatic rings. The van der Waals surface area contributed by atoms with Gasteiger partial charge in [-0.05, 0) is 129 Å². The average molecular weight is 683 g/mol. The molecule has 0 bridgehead atoms. The number of halogens is 2. The summed E-state index contributed by atoms with van der Waals surface area (Å²) < 4.78 is 16.4. The smallest absolute Gasteiger partial charge is 0.428 e. The van der Waals surface area contributed by atoms with Crippen LogP contribution in [0.2, 0.25) is 0 Å². The molecule has 2 rings (SSSR count). The fourth-order valence-electron chi connectivity index (χ4n) is 1.95. The molecule has 2 N–H and O–H groups in total. The van der Waals surface area contributed by atoms with Crippen molar-refractivity contribution in [2.75, 3.05) is 0 Å². The molecule has 0 atom stereocenters. The average Bonchev–Trinajstić information content (AvgIpc) is 2.67. The minimum Gasteiger partial charge on any atom is -0.428 e. The first-order valence-electron chi connectivity index (χ1n) is 10.5. The van der Waals surface area contributed by atoms with Gasteiger partial charge in [-0.2, -0.15) is 0 Å². The molecule has 0 spiro atoms. The van der Waals surface area contributed by atoms with E-state index >= 15 is 0 Å². The largest absolute Gasteiger partial charge is 0.519 e. The molecular weight excluding hydrogens is 648 g/mol. The number of hydrogen-bond acceptors (Lipinski definition) is 6. The Hall–Kier alpha value is -1.40. The summed E-state index contributed by atoms with van der Waals surface area (Å²) >= 11 is 4.58. The molecule has 8 heteroatoms. The predicted molar refractivity (Wildman–Crippen MR) is 149 cm³/mol. The van der Waals surface area contributed by atoms with Gasteiger partial charge in [0.15, 0.2) is 0 Å². The SMILES string of the molecule is CC(C)(C)OC(=O)OC(=O)OC(C)(C)C.CCc1ccc(I)cc1.NCc1ccc(I)cc1. The number of carbonyl (C=O) groups excluding carboxylic acids is 2. The third-order valence-electron chi connectivity index (χ3n) is 3.42. The quantitative estimate of drug-likeness (QED) is 0.201. The maximum atomic E-state index is 11.0. The molecule has 6 nitrogen and oxygen atoms in total. The number of aryl methyl sites for hydroxylation is 1. The van der Waals surface area contributed by atoms with Crippen LogP contribution in [0.15, 0.2) is 48.5 Å². The van der Waals surface area contributed by atoms with E-state index in [1.54, 1.807) is 41.5 Å².